The smallest absolute Gasteiger partial charge is 0.268 e. The second-order valence-corrected chi connectivity index (χ2v) is 6.16. The lowest BCUT2D eigenvalue weighted by Gasteiger charge is -2.15. The van der Waals surface area contributed by atoms with Crippen LogP contribution in [0, 0.1) is 6.92 Å². The van der Waals surface area contributed by atoms with E-state index >= 15 is 0 Å². The molecule has 0 unspecified atom stereocenters. The van der Waals surface area contributed by atoms with E-state index in [1.807, 2.05) is 13.0 Å². The number of anilines is 1. The first-order valence-corrected chi connectivity index (χ1v) is 7.21. The van der Waals surface area contributed by atoms with Gasteiger partial charge in [-0.05, 0) is 36.8 Å². The first kappa shape index (κ1) is 11.9. The molecule has 0 spiro atoms. The van der Waals surface area contributed by atoms with Gasteiger partial charge in [-0.2, -0.15) is 4.31 Å². The van der Waals surface area contributed by atoms with Crippen LogP contribution in [-0.2, 0) is 10.0 Å². The SMILES string of the molecule is Cc1cccc(N2C(=O)c3ccccc3S2(=O)=O)c1. The molecule has 96 valence electrons. The average molecular weight is 273 g/mol. The number of aryl methyl sites for hydroxylation is 1. The van der Waals surface area contributed by atoms with Gasteiger partial charge in [0.15, 0.2) is 0 Å². The molecule has 0 radical (unpaired) electrons. The van der Waals surface area contributed by atoms with E-state index in [0.29, 0.717) is 5.69 Å². The van der Waals surface area contributed by atoms with Crippen molar-refractivity contribution in [3.05, 3.63) is 59.7 Å². The van der Waals surface area contributed by atoms with Gasteiger partial charge in [0.1, 0.15) is 4.90 Å². The zero-order chi connectivity index (χ0) is 13.6. The lowest BCUT2D eigenvalue weighted by atomic mass is 10.2. The molecule has 1 aliphatic heterocycles. The zero-order valence-corrected chi connectivity index (χ0v) is 11.0. The number of hydrogen-bond acceptors (Lipinski definition) is 3. The molecule has 1 amide bonds. The Hall–Kier alpha value is -2.14. The van der Waals surface area contributed by atoms with Gasteiger partial charge in [-0.1, -0.05) is 24.3 Å². The van der Waals surface area contributed by atoms with Gasteiger partial charge in [-0.15, -0.1) is 0 Å². The Balaban J connectivity index is 2.24. The highest BCUT2D eigenvalue weighted by Crippen LogP contribution is 2.34. The monoisotopic (exact) mass is 273 g/mol. The van der Waals surface area contributed by atoms with Gasteiger partial charge in [-0.25, -0.2) is 8.42 Å². The first-order chi connectivity index (χ1) is 9.01. The molecule has 0 fully saturated rings. The Morgan fingerprint density at radius 3 is 2.42 bits per heavy atom. The van der Waals surface area contributed by atoms with Gasteiger partial charge in [0, 0.05) is 0 Å². The van der Waals surface area contributed by atoms with Crippen LogP contribution in [0.25, 0.3) is 0 Å². The van der Waals surface area contributed by atoms with Crippen molar-refractivity contribution in [1.29, 1.82) is 0 Å². The molecule has 4 nitrogen and oxygen atoms in total. The number of sulfonamides is 1. The van der Waals surface area contributed by atoms with Crippen molar-refractivity contribution in [1.82, 2.24) is 0 Å². The summed E-state index contributed by atoms with van der Waals surface area (Å²) in [6.45, 7) is 1.85. The van der Waals surface area contributed by atoms with Gasteiger partial charge >= 0.3 is 0 Å². The minimum Gasteiger partial charge on any atom is -0.268 e. The van der Waals surface area contributed by atoms with Crippen LogP contribution in [0.3, 0.4) is 0 Å². The molecular formula is C14H11NO3S. The summed E-state index contributed by atoms with van der Waals surface area (Å²) in [7, 11) is -3.78. The zero-order valence-electron chi connectivity index (χ0n) is 10.2. The van der Waals surface area contributed by atoms with Gasteiger partial charge < -0.3 is 0 Å². The third-order valence-corrected chi connectivity index (χ3v) is 4.83. The van der Waals surface area contributed by atoms with Gasteiger partial charge in [0.25, 0.3) is 15.9 Å². The van der Waals surface area contributed by atoms with Crippen LogP contribution >= 0.6 is 0 Å². The molecule has 1 aliphatic rings. The largest absolute Gasteiger partial charge is 0.273 e. The van der Waals surface area contributed by atoms with E-state index in [4.69, 9.17) is 0 Å². The Labute approximate surface area is 111 Å². The van der Waals surface area contributed by atoms with E-state index in [1.165, 1.54) is 12.1 Å². The summed E-state index contributed by atoms with van der Waals surface area (Å²) in [5.74, 6) is -0.499. The van der Waals surface area contributed by atoms with Gasteiger partial charge in [0.2, 0.25) is 0 Å². The molecule has 0 saturated carbocycles. The Kier molecular flexibility index (Phi) is 2.46. The molecule has 2 aromatic rings. The Morgan fingerprint density at radius 2 is 1.74 bits per heavy atom. The quantitative estimate of drug-likeness (QED) is 0.801. The van der Waals surface area contributed by atoms with E-state index in [2.05, 4.69) is 0 Å². The number of benzene rings is 2. The average Bonchev–Trinajstić information content (AvgIpc) is 2.58. The van der Waals surface area contributed by atoms with Crippen molar-refractivity contribution in [3.63, 3.8) is 0 Å². The van der Waals surface area contributed by atoms with E-state index in [9.17, 15) is 13.2 Å². The number of nitrogens with zero attached hydrogens (tertiary/aromatic N) is 1. The van der Waals surface area contributed by atoms with Gasteiger partial charge in [0.05, 0.1) is 11.3 Å². The second kappa shape index (κ2) is 3.93. The van der Waals surface area contributed by atoms with Crippen molar-refractivity contribution in [2.75, 3.05) is 4.31 Å². The summed E-state index contributed by atoms with van der Waals surface area (Å²) in [6, 6.07) is 13.1. The minimum atomic E-state index is -3.78. The minimum absolute atomic E-state index is 0.0708. The summed E-state index contributed by atoms with van der Waals surface area (Å²) in [4.78, 5) is 12.3. The number of carbonyl (C=O) groups excluding carboxylic acids is 1. The molecule has 5 heteroatoms. The highest BCUT2D eigenvalue weighted by molar-refractivity contribution is 7.94. The fraction of sp³-hybridized carbons (Fsp3) is 0.0714. The summed E-state index contributed by atoms with van der Waals surface area (Å²) in [6.07, 6.45) is 0. The standard InChI is InChI=1S/C14H11NO3S/c1-10-5-4-6-11(9-10)15-14(16)12-7-2-3-8-13(12)19(15,17)18/h2-9H,1H3. The number of hydrogen-bond donors (Lipinski definition) is 0. The highest BCUT2D eigenvalue weighted by atomic mass is 32.2. The predicted molar refractivity (Wildman–Crippen MR) is 71.6 cm³/mol. The van der Waals surface area contributed by atoms with Crippen LogP contribution in [0.5, 0.6) is 0 Å². The molecule has 0 saturated heterocycles. The molecular weight excluding hydrogens is 262 g/mol. The topological polar surface area (TPSA) is 54.5 Å². The van der Waals surface area contributed by atoms with Gasteiger partial charge in [-0.3, -0.25) is 4.79 Å². The van der Waals surface area contributed by atoms with Crippen molar-refractivity contribution in [2.45, 2.75) is 11.8 Å². The van der Waals surface area contributed by atoms with Crippen LogP contribution in [0.4, 0.5) is 5.69 Å². The Morgan fingerprint density at radius 1 is 1.00 bits per heavy atom. The summed E-state index contributed by atoms with van der Waals surface area (Å²) in [5, 5.41) is 0. The molecule has 0 atom stereocenters. The third-order valence-electron chi connectivity index (χ3n) is 3.06. The van der Waals surface area contributed by atoms with Crippen LogP contribution in [0.15, 0.2) is 53.4 Å². The number of fused-ring (bicyclic) bond motifs is 1. The molecule has 0 aromatic heterocycles. The molecule has 3 rings (SSSR count). The lowest BCUT2D eigenvalue weighted by Crippen LogP contribution is -2.29. The number of rotatable bonds is 1. The highest BCUT2D eigenvalue weighted by Gasteiger charge is 2.41. The summed E-state index contributed by atoms with van der Waals surface area (Å²) >= 11 is 0. The molecule has 0 N–H and O–H groups in total. The van der Waals surface area contributed by atoms with Crippen LogP contribution in [0.2, 0.25) is 0 Å². The number of amides is 1. The molecule has 0 bridgehead atoms. The third kappa shape index (κ3) is 1.66. The van der Waals surface area contributed by atoms with Crippen molar-refractivity contribution in [2.24, 2.45) is 0 Å². The van der Waals surface area contributed by atoms with E-state index in [0.717, 1.165) is 9.87 Å². The van der Waals surface area contributed by atoms with E-state index < -0.39 is 15.9 Å². The molecule has 0 aliphatic carbocycles. The fourth-order valence-corrected chi connectivity index (χ4v) is 3.78. The predicted octanol–water partition coefficient (Wildman–Crippen LogP) is 2.34. The van der Waals surface area contributed by atoms with E-state index in [-0.39, 0.29) is 10.5 Å². The van der Waals surface area contributed by atoms with Crippen LogP contribution < -0.4 is 4.31 Å². The summed E-state index contributed by atoms with van der Waals surface area (Å²) in [5.41, 5.74) is 1.50. The lowest BCUT2D eigenvalue weighted by molar-refractivity contribution is 0.101. The van der Waals surface area contributed by atoms with E-state index in [1.54, 1.807) is 30.3 Å². The maximum Gasteiger partial charge on any atom is 0.273 e. The summed E-state index contributed by atoms with van der Waals surface area (Å²) < 4.78 is 25.7. The normalized spacial score (nSPS) is 16.5. The molecule has 19 heavy (non-hydrogen) atoms. The maximum absolute atomic E-state index is 12.4. The van der Waals surface area contributed by atoms with Crippen LogP contribution in [-0.4, -0.2) is 14.3 Å². The maximum atomic E-state index is 12.4. The van der Waals surface area contributed by atoms with Crippen LogP contribution in [0.1, 0.15) is 15.9 Å². The molecule has 2 aromatic carbocycles. The Bertz CT molecular complexity index is 781. The van der Waals surface area contributed by atoms with Crippen molar-refractivity contribution < 1.29 is 13.2 Å². The van der Waals surface area contributed by atoms with Crippen molar-refractivity contribution in [3.8, 4) is 0 Å². The number of carbonyl (C=O) groups is 1. The fourth-order valence-electron chi connectivity index (χ4n) is 2.20. The first-order valence-electron chi connectivity index (χ1n) is 5.77. The van der Waals surface area contributed by atoms with Crippen molar-refractivity contribution >= 4 is 21.6 Å². The molecule has 1 heterocycles. The second-order valence-electron chi connectivity index (χ2n) is 4.41.